The minimum atomic E-state index is -0.283. The molecular formula is C21H24FN7O. The summed E-state index contributed by atoms with van der Waals surface area (Å²) < 4.78 is 15.1. The fourth-order valence-corrected chi connectivity index (χ4v) is 3.83. The monoisotopic (exact) mass is 409 g/mol. The number of hydrogen-bond donors (Lipinski definition) is 1. The summed E-state index contributed by atoms with van der Waals surface area (Å²) in [5, 5.41) is 8.26. The van der Waals surface area contributed by atoms with E-state index in [1.54, 1.807) is 23.0 Å². The Morgan fingerprint density at radius 2 is 1.87 bits per heavy atom. The largest absolute Gasteiger partial charge is 0.352 e. The fraction of sp³-hybridized carbons (Fsp3) is 0.429. The number of rotatable bonds is 4. The molecule has 2 aromatic heterocycles. The van der Waals surface area contributed by atoms with Crippen molar-refractivity contribution in [1.29, 1.82) is 0 Å². The Morgan fingerprint density at radius 3 is 2.53 bits per heavy atom. The number of aromatic nitrogens is 4. The number of halogens is 1. The number of amides is 2. The molecule has 0 bridgehead atoms. The van der Waals surface area contributed by atoms with Crippen LogP contribution < -0.4 is 10.2 Å². The summed E-state index contributed by atoms with van der Waals surface area (Å²) in [6.45, 7) is 5.23. The van der Waals surface area contributed by atoms with Gasteiger partial charge in [-0.1, -0.05) is 0 Å². The van der Waals surface area contributed by atoms with E-state index in [0.29, 0.717) is 38.6 Å². The molecule has 156 valence electrons. The molecule has 0 unspecified atom stereocenters. The normalized spacial score (nSPS) is 16.9. The Balaban J connectivity index is 1.49. The second-order valence-corrected chi connectivity index (χ2v) is 7.76. The quantitative estimate of drug-likeness (QED) is 0.717. The Kier molecular flexibility index (Phi) is 4.72. The lowest BCUT2D eigenvalue weighted by atomic mass is 10.2. The summed E-state index contributed by atoms with van der Waals surface area (Å²) in [6.07, 6.45) is 3.97. The molecule has 3 aromatic rings. The van der Waals surface area contributed by atoms with E-state index in [-0.39, 0.29) is 11.8 Å². The first-order valence-corrected chi connectivity index (χ1v) is 10.4. The highest BCUT2D eigenvalue weighted by molar-refractivity contribution is 5.88. The number of nitrogens with zero attached hydrogens (tertiary/aromatic N) is 6. The second kappa shape index (κ2) is 7.55. The zero-order chi connectivity index (χ0) is 20.7. The lowest BCUT2D eigenvalue weighted by Crippen LogP contribution is -2.52. The predicted octanol–water partition coefficient (Wildman–Crippen LogP) is 2.68. The van der Waals surface area contributed by atoms with Crippen LogP contribution in [0.3, 0.4) is 0 Å². The third kappa shape index (κ3) is 3.44. The van der Waals surface area contributed by atoms with Gasteiger partial charge in [-0.25, -0.2) is 23.8 Å². The van der Waals surface area contributed by atoms with E-state index < -0.39 is 0 Å². The topological polar surface area (TPSA) is 79.2 Å². The molecule has 1 saturated carbocycles. The average molecular weight is 409 g/mol. The molecule has 2 fully saturated rings. The van der Waals surface area contributed by atoms with Gasteiger partial charge in [0.2, 0.25) is 0 Å². The highest BCUT2D eigenvalue weighted by Gasteiger charge is 2.30. The highest BCUT2D eigenvalue weighted by Crippen LogP contribution is 2.40. The lowest BCUT2D eigenvalue weighted by molar-refractivity contribution is 0.195. The standard InChI is InChI=1S/C21H24FN7O/c1-2-23-21(30)28-11-9-27(10-12-28)19-17-13-24-29(16-7-5-15(22)6-8-16)20(17)26-18(25-19)14-3-4-14/h5-8,13-14H,2-4,9-12H2,1H3,(H,23,30). The average Bonchev–Trinajstić information content (AvgIpc) is 3.53. The second-order valence-electron chi connectivity index (χ2n) is 7.76. The summed E-state index contributed by atoms with van der Waals surface area (Å²) >= 11 is 0. The first kappa shape index (κ1) is 18.8. The minimum absolute atomic E-state index is 0.0206. The molecule has 0 radical (unpaired) electrons. The lowest BCUT2D eigenvalue weighted by Gasteiger charge is -2.35. The fourth-order valence-electron chi connectivity index (χ4n) is 3.83. The number of urea groups is 1. The molecule has 3 heterocycles. The van der Waals surface area contributed by atoms with Gasteiger partial charge in [-0.2, -0.15) is 5.10 Å². The van der Waals surface area contributed by atoms with Crippen molar-refractivity contribution < 1.29 is 9.18 Å². The Morgan fingerprint density at radius 1 is 1.13 bits per heavy atom. The summed E-state index contributed by atoms with van der Waals surface area (Å²) in [4.78, 5) is 25.9. The van der Waals surface area contributed by atoms with E-state index in [4.69, 9.17) is 9.97 Å². The van der Waals surface area contributed by atoms with Crippen molar-refractivity contribution >= 4 is 22.9 Å². The third-order valence-electron chi connectivity index (χ3n) is 5.63. The van der Waals surface area contributed by atoms with Gasteiger partial charge in [-0.05, 0) is 44.0 Å². The van der Waals surface area contributed by atoms with E-state index >= 15 is 0 Å². The number of piperazine rings is 1. The number of carbonyl (C=O) groups excluding carboxylic acids is 1. The molecule has 2 aliphatic rings. The van der Waals surface area contributed by atoms with E-state index in [0.717, 1.165) is 41.2 Å². The summed E-state index contributed by atoms with van der Waals surface area (Å²) in [5.74, 6) is 1.81. The van der Waals surface area contributed by atoms with Crippen LogP contribution in [0, 0.1) is 5.82 Å². The van der Waals surface area contributed by atoms with Crippen molar-refractivity contribution in [2.75, 3.05) is 37.6 Å². The molecule has 9 heteroatoms. The van der Waals surface area contributed by atoms with Gasteiger partial charge in [0, 0.05) is 38.6 Å². The molecule has 0 spiro atoms. The number of benzene rings is 1. The van der Waals surface area contributed by atoms with Crippen LogP contribution >= 0.6 is 0 Å². The molecule has 8 nitrogen and oxygen atoms in total. The van der Waals surface area contributed by atoms with E-state index in [9.17, 15) is 9.18 Å². The maximum absolute atomic E-state index is 13.4. The molecule has 1 N–H and O–H groups in total. The van der Waals surface area contributed by atoms with Crippen LogP contribution in [0.4, 0.5) is 15.0 Å². The number of anilines is 1. The predicted molar refractivity (Wildman–Crippen MR) is 111 cm³/mol. The van der Waals surface area contributed by atoms with Gasteiger partial charge in [0.05, 0.1) is 17.3 Å². The first-order chi connectivity index (χ1) is 14.6. The van der Waals surface area contributed by atoms with Crippen molar-refractivity contribution in [2.24, 2.45) is 0 Å². The van der Waals surface area contributed by atoms with Crippen LogP contribution in [0.25, 0.3) is 16.7 Å². The van der Waals surface area contributed by atoms with Crippen LogP contribution in [-0.2, 0) is 0 Å². The van der Waals surface area contributed by atoms with Gasteiger partial charge < -0.3 is 15.1 Å². The van der Waals surface area contributed by atoms with Crippen molar-refractivity contribution in [3.8, 4) is 5.69 Å². The Labute approximate surface area is 173 Å². The highest BCUT2D eigenvalue weighted by atomic mass is 19.1. The van der Waals surface area contributed by atoms with E-state index in [1.807, 2.05) is 11.8 Å². The maximum Gasteiger partial charge on any atom is 0.317 e. The van der Waals surface area contributed by atoms with E-state index in [2.05, 4.69) is 15.3 Å². The van der Waals surface area contributed by atoms with Gasteiger partial charge in [-0.15, -0.1) is 0 Å². The summed E-state index contributed by atoms with van der Waals surface area (Å²) in [7, 11) is 0. The number of nitrogens with one attached hydrogen (secondary N) is 1. The molecule has 2 amide bonds. The molecule has 0 atom stereocenters. The third-order valence-corrected chi connectivity index (χ3v) is 5.63. The molecule has 1 aliphatic carbocycles. The zero-order valence-electron chi connectivity index (χ0n) is 16.9. The van der Waals surface area contributed by atoms with E-state index in [1.165, 1.54) is 12.1 Å². The van der Waals surface area contributed by atoms with Crippen molar-refractivity contribution in [3.05, 3.63) is 42.1 Å². The zero-order valence-corrected chi connectivity index (χ0v) is 16.9. The SMILES string of the molecule is CCNC(=O)N1CCN(c2nc(C3CC3)nc3c2cnn3-c2ccc(F)cc2)CC1. The van der Waals surface area contributed by atoms with Crippen molar-refractivity contribution in [2.45, 2.75) is 25.7 Å². The molecule has 1 aromatic carbocycles. The number of fused-ring (bicyclic) bond motifs is 1. The maximum atomic E-state index is 13.4. The van der Waals surface area contributed by atoms with Crippen molar-refractivity contribution in [3.63, 3.8) is 0 Å². The smallest absolute Gasteiger partial charge is 0.317 e. The molecule has 1 saturated heterocycles. The molecule has 30 heavy (non-hydrogen) atoms. The summed E-state index contributed by atoms with van der Waals surface area (Å²) in [5.41, 5.74) is 1.50. The van der Waals surface area contributed by atoms with Crippen LogP contribution in [-0.4, -0.2) is 63.4 Å². The molecule has 1 aliphatic heterocycles. The number of hydrogen-bond acceptors (Lipinski definition) is 5. The summed E-state index contributed by atoms with van der Waals surface area (Å²) in [6, 6.07) is 6.23. The first-order valence-electron chi connectivity index (χ1n) is 10.4. The van der Waals surface area contributed by atoms with Crippen LogP contribution in [0.5, 0.6) is 0 Å². The van der Waals surface area contributed by atoms with Crippen LogP contribution in [0.15, 0.2) is 30.5 Å². The Hall–Kier alpha value is -3.23. The number of carbonyl (C=O) groups is 1. The van der Waals surface area contributed by atoms with Crippen molar-refractivity contribution in [1.82, 2.24) is 30.0 Å². The van der Waals surface area contributed by atoms with Gasteiger partial charge >= 0.3 is 6.03 Å². The Bertz CT molecular complexity index is 1070. The van der Waals surface area contributed by atoms with Gasteiger partial charge in [0.1, 0.15) is 17.5 Å². The van der Waals surface area contributed by atoms with Crippen LogP contribution in [0.1, 0.15) is 31.5 Å². The molecular weight excluding hydrogens is 385 g/mol. The van der Waals surface area contributed by atoms with Gasteiger partial charge in [0.15, 0.2) is 5.65 Å². The minimum Gasteiger partial charge on any atom is -0.352 e. The van der Waals surface area contributed by atoms with Gasteiger partial charge in [0.25, 0.3) is 0 Å². The van der Waals surface area contributed by atoms with Crippen LogP contribution in [0.2, 0.25) is 0 Å². The molecule has 5 rings (SSSR count). The van der Waals surface area contributed by atoms with Gasteiger partial charge in [-0.3, -0.25) is 0 Å².